The molecule has 1 amide bonds. The number of benzene rings is 1. The number of carbonyl (C=O) groups is 2. The number of ether oxygens (including phenoxy) is 2. The third kappa shape index (κ3) is 3.35. The maximum absolute atomic E-state index is 12.2. The van der Waals surface area contributed by atoms with Crippen LogP contribution < -0.4 is 10.1 Å². The standard InChI is InChI=1S/C15H13ClN2O4/c1-21-13-10(16)4-3-5-11(13)18-14(19)12-7-6-9(8-17-12)15(20)22-2/h3-8H,1-2H3,(H,18,19). The number of hydrogen-bond acceptors (Lipinski definition) is 5. The van der Waals surface area contributed by atoms with Crippen molar-refractivity contribution in [1.82, 2.24) is 4.98 Å². The summed E-state index contributed by atoms with van der Waals surface area (Å²) in [6.45, 7) is 0. The lowest BCUT2D eigenvalue weighted by atomic mass is 10.2. The van der Waals surface area contributed by atoms with E-state index < -0.39 is 11.9 Å². The molecule has 22 heavy (non-hydrogen) atoms. The number of anilines is 1. The summed E-state index contributed by atoms with van der Waals surface area (Å²) in [4.78, 5) is 27.4. The summed E-state index contributed by atoms with van der Waals surface area (Å²) in [6, 6.07) is 7.89. The highest BCUT2D eigenvalue weighted by molar-refractivity contribution is 6.32. The van der Waals surface area contributed by atoms with Gasteiger partial charge in [-0.1, -0.05) is 17.7 Å². The summed E-state index contributed by atoms with van der Waals surface area (Å²) in [7, 11) is 2.73. The average molecular weight is 321 g/mol. The van der Waals surface area contributed by atoms with E-state index in [1.54, 1.807) is 18.2 Å². The average Bonchev–Trinajstić information content (AvgIpc) is 2.54. The van der Waals surface area contributed by atoms with Gasteiger partial charge in [-0.15, -0.1) is 0 Å². The summed E-state index contributed by atoms with van der Waals surface area (Å²) in [5, 5.41) is 3.04. The van der Waals surface area contributed by atoms with Gasteiger partial charge in [-0.3, -0.25) is 9.78 Å². The molecule has 7 heteroatoms. The Morgan fingerprint density at radius 1 is 1.18 bits per heavy atom. The third-order valence-corrected chi connectivity index (χ3v) is 3.13. The van der Waals surface area contributed by atoms with Crippen molar-refractivity contribution in [1.29, 1.82) is 0 Å². The van der Waals surface area contributed by atoms with Crippen LogP contribution in [0.1, 0.15) is 20.8 Å². The fraction of sp³-hybridized carbons (Fsp3) is 0.133. The Morgan fingerprint density at radius 2 is 1.95 bits per heavy atom. The summed E-state index contributed by atoms with van der Waals surface area (Å²) in [5.74, 6) is -0.600. The van der Waals surface area contributed by atoms with Crippen LogP contribution in [0.4, 0.5) is 5.69 Å². The Kier molecular flexibility index (Phi) is 4.95. The first kappa shape index (κ1) is 15.8. The van der Waals surface area contributed by atoms with Crippen molar-refractivity contribution >= 4 is 29.2 Å². The minimum atomic E-state index is -0.518. The van der Waals surface area contributed by atoms with Gasteiger partial charge in [-0.25, -0.2) is 4.79 Å². The Morgan fingerprint density at radius 3 is 2.55 bits per heavy atom. The van der Waals surface area contributed by atoms with Crippen LogP contribution in [0.3, 0.4) is 0 Å². The maximum Gasteiger partial charge on any atom is 0.339 e. The van der Waals surface area contributed by atoms with Crippen LogP contribution in [0.5, 0.6) is 5.75 Å². The number of pyridine rings is 1. The molecule has 0 aliphatic heterocycles. The number of methoxy groups -OCH3 is 2. The van der Waals surface area contributed by atoms with E-state index in [-0.39, 0.29) is 11.3 Å². The molecule has 0 spiro atoms. The number of esters is 1. The zero-order valence-electron chi connectivity index (χ0n) is 11.9. The topological polar surface area (TPSA) is 77.5 Å². The van der Waals surface area contributed by atoms with Crippen molar-refractivity contribution in [2.75, 3.05) is 19.5 Å². The van der Waals surface area contributed by atoms with E-state index >= 15 is 0 Å². The summed E-state index contributed by atoms with van der Waals surface area (Å²) in [6.07, 6.45) is 1.27. The van der Waals surface area contributed by atoms with Gasteiger partial charge in [0.2, 0.25) is 0 Å². The number of nitrogens with one attached hydrogen (secondary N) is 1. The van der Waals surface area contributed by atoms with E-state index in [0.29, 0.717) is 16.5 Å². The molecule has 114 valence electrons. The number of rotatable bonds is 4. The van der Waals surface area contributed by atoms with Crippen molar-refractivity contribution < 1.29 is 19.1 Å². The molecule has 1 N–H and O–H groups in total. The van der Waals surface area contributed by atoms with Crippen LogP contribution in [0.25, 0.3) is 0 Å². The molecule has 0 radical (unpaired) electrons. The Bertz CT molecular complexity index is 701. The quantitative estimate of drug-likeness (QED) is 0.876. The number of para-hydroxylation sites is 1. The molecule has 1 heterocycles. The number of halogens is 1. The van der Waals surface area contributed by atoms with Gasteiger partial charge in [0.05, 0.1) is 30.5 Å². The van der Waals surface area contributed by atoms with Crippen molar-refractivity contribution in [2.24, 2.45) is 0 Å². The van der Waals surface area contributed by atoms with E-state index in [9.17, 15) is 9.59 Å². The third-order valence-electron chi connectivity index (χ3n) is 2.84. The van der Waals surface area contributed by atoms with Gasteiger partial charge in [-0.05, 0) is 24.3 Å². The van der Waals surface area contributed by atoms with Crippen LogP contribution in [-0.4, -0.2) is 31.1 Å². The Balaban J connectivity index is 2.19. The lowest BCUT2D eigenvalue weighted by Gasteiger charge is -2.11. The molecule has 0 saturated carbocycles. The highest BCUT2D eigenvalue weighted by atomic mass is 35.5. The molecule has 0 unspecified atom stereocenters. The van der Waals surface area contributed by atoms with Gasteiger partial charge in [0, 0.05) is 6.20 Å². The van der Waals surface area contributed by atoms with Crippen LogP contribution in [0, 0.1) is 0 Å². The number of nitrogens with zero attached hydrogens (tertiary/aromatic N) is 1. The van der Waals surface area contributed by atoms with Crippen LogP contribution >= 0.6 is 11.6 Å². The molecule has 0 aliphatic carbocycles. The first-order chi connectivity index (χ1) is 10.6. The second-order valence-corrected chi connectivity index (χ2v) is 4.61. The smallest absolute Gasteiger partial charge is 0.339 e. The normalized spacial score (nSPS) is 9.95. The molecule has 0 atom stereocenters. The molecule has 2 rings (SSSR count). The van der Waals surface area contributed by atoms with Gasteiger partial charge in [0.1, 0.15) is 5.69 Å². The molecule has 0 saturated heterocycles. The zero-order valence-corrected chi connectivity index (χ0v) is 12.7. The fourth-order valence-corrected chi connectivity index (χ4v) is 2.02. The van der Waals surface area contributed by atoms with E-state index in [4.69, 9.17) is 16.3 Å². The second kappa shape index (κ2) is 6.91. The van der Waals surface area contributed by atoms with E-state index in [1.165, 1.54) is 32.5 Å². The van der Waals surface area contributed by atoms with Gasteiger partial charge in [0.15, 0.2) is 5.75 Å². The van der Waals surface area contributed by atoms with Gasteiger partial charge < -0.3 is 14.8 Å². The van der Waals surface area contributed by atoms with Gasteiger partial charge >= 0.3 is 5.97 Å². The predicted octanol–water partition coefficient (Wildman–Crippen LogP) is 2.78. The minimum absolute atomic E-state index is 0.148. The van der Waals surface area contributed by atoms with Crippen LogP contribution in [0.2, 0.25) is 5.02 Å². The number of amides is 1. The van der Waals surface area contributed by atoms with Gasteiger partial charge in [-0.2, -0.15) is 0 Å². The Labute approximate surface area is 132 Å². The molecular formula is C15H13ClN2O4. The van der Waals surface area contributed by atoms with E-state index in [1.807, 2.05) is 0 Å². The molecule has 0 bridgehead atoms. The molecule has 2 aromatic rings. The number of carbonyl (C=O) groups excluding carboxylic acids is 2. The van der Waals surface area contributed by atoms with Crippen molar-refractivity contribution in [3.05, 3.63) is 52.8 Å². The first-order valence-electron chi connectivity index (χ1n) is 6.25. The van der Waals surface area contributed by atoms with E-state index in [2.05, 4.69) is 15.0 Å². The molecule has 1 aromatic carbocycles. The number of hydrogen-bond donors (Lipinski definition) is 1. The summed E-state index contributed by atoms with van der Waals surface area (Å²) in [5.41, 5.74) is 0.841. The molecule has 0 fully saturated rings. The molecular weight excluding hydrogens is 308 g/mol. The minimum Gasteiger partial charge on any atom is -0.493 e. The second-order valence-electron chi connectivity index (χ2n) is 4.20. The zero-order chi connectivity index (χ0) is 16.1. The molecule has 1 aromatic heterocycles. The number of aromatic nitrogens is 1. The molecule has 0 aliphatic rings. The molecule has 6 nitrogen and oxygen atoms in total. The fourth-order valence-electron chi connectivity index (χ4n) is 1.77. The Hall–Kier alpha value is -2.60. The highest BCUT2D eigenvalue weighted by Gasteiger charge is 2.14. The van der Waals surface area contributed by atoms with Crippen molar-refractivity contribution in [3.63, 3.8) is 0 Å². The lowest BCUT2D eigenvalue weighted by Crippen LogP contribution is -2.15. The monoisotopic (exact) mass is 320 g/mol. The van der Waals surface area contributed by atoms with Gasteiger partial charge in [0.25, 0.3) is 5.91 Å². The highest BCUT2D eigenvalue weighted by Crippen LogP contribution is 2.32. The lowest BCUT2D eigenvalue weighted by molar-refractivity contribution is 0.0600. The maximum atomic E-state index is 12.2. The van der Waals surface area contributed by atoms with E-state index in [0.717, 1.165) is 0 Å². The van der Waals surface area contributed by atoms with Crippen molar-refractivity contribution in [2.45, 2.75) is 0 Å². The predicted molar refractivity (Wildman–Crippen MR) is 81.5 cm³/mol. The first-order valence-corrected chi connectivity index (χ1v) is 6.63. The summed E-state index contributed by atoms with van der Waals surface area (Å²) >= 11 is 5.99. The van der Waals surface area contributed by atoms with Crippen molar-refractivity contribution in [3.8, 4) is 5.75 Å². The van der Waals surface area contributed by atoms with Crippen LogP contribution in [0.15, 0.2) is 36.5 Å². The van der Waals surface area contributed by atoms with Crippen LogP contribution in [-0.2, 0) is 4.74 Å². The SMILES string of the molecule is COC(=O)c1ccc(C(=O)Nc2cccc(Cl)c2OC)nc1. The largest absolute Gasteiger partial charge is 0.493 e. The summed E-state index contributed by atoms with van der Waals surface area (Å²) < 4.78 is 9.71.